The number of benzene rings is 1. The molecule has 152 valence electrons. The topological polar surface area (TPSA) is 69.0 Å². The van der Waals surface area contributed by atoms with E-state index in [4.69, 9.17) is 4.74 Å². The third kappa shape index (κ3) is 5.40. The van der Waals surface area contributed by atoms with E-state index in [1.165, 1.54) is 12.1 Å². The second-order valence-electron chi connectivity index (χ2n) is 6.96. The molecular formula is C22H25FN4O2. The van der Waals surface area contributed by atoms with Crippen LogP contribution >= 0.6 is 0 Å². The minimum atomic E-state index is -0.285. The number of unbranched alkanes of at least 4 members (excludes halogenated alkanes) is 1. The molecule has 0 saturated heterocycles. The van der Waals surface area contributed by atoms with Crippen molar-refractivity contribution in [2.75, 3.05) is 13.2 Å². The van der Waals surface area contributed by atoms with Crippen molar-refractivity contribution in [2.24, 2.45) is 0 Å². The Hall–Kier alpha value is -3.22. The van der Waals surface area contributed by atoms with Gasteiger partial charge >= 0.3 is 0 Å². The lowest BCUT2D eigenvalue weighted by molar-refractivity contribution is 0.0951. The van der Waals surface area contributed by atoms with Crippen LogP contribution < -0.4 is 10.1 Å². The predicted molar refractivity (Wildman–Crippen MR) is 109 cm³/mol. The molecule has 2 heterocycles. The number of halogens is 1. The van der Waals surface area contributed by atoms with Gasteiger partial charge in [0.2, 0.25) is 0 Å². The smallest absolute Gasteiger partial charge is 0.254 e. The maximum absolute atomic E-state index is 12.9. The van der Waals surface area contributed by atoms with Crippen molar-refractivity contribution in [2.45, 2.75) is 32.6 Å². The van der Waals surface area contributed by atoms with E-state index in [9.17, 15) is 9.18 Å². The van der Waals surface area contributed by atoms with E-state index in [1.54, 1.807) is 29.2 Å². The van der Waals surface area contributed by atoms with E-state index in [0.29, 0.717) is 30.3 Å². The fourth-order valence-corrected chi connectivity index (χ4v) is 3.00. The average molecular weight is 396 g/mol. The van der Waals surface area contributed by atoms with E-state index in [0.717, 1.165) is 18.5 Å². The highest BCUT2D eigenvalue weighted by Crippen LogP contribution is 2.22. The summed E-state index contributed by atoms with van der Waals surface area (Å²) in [5.41, 5.74) is 1.40. The van der Waals surface area contributed by atoms with Crippen molar-refractivity contribution < 1.29 is 13.9 Å². The number of ether oxygens (including phenoxy) is 1. The van der Waals surface area contributed by atoms with Crippen LogP contribution in [-0.2, 0) is 0 Å². The molecular weight excluding hydrogens is 371 g/mol. The number of aromatic nitrogens is 3. The zero-order chi connectivity index (χ0) is 20.6. The van der Waals surface area contributed by atoms with Gasteiger partial charge in [0, 0.05) is 12.7 Å². The van der Waals surface area contributed by atoms with Crippen LogP contribution in [-0.4, -0.2) is 33.8 Å². The maximum atomic E-state index is 12.9. The number of rotatable bonds is 9. The van der Waals surface area contributed by atoms with Gasteiger partial charge in [0.1, 0.15) is 11.6 Å². The predicted octanol–water partition coefficient (Wildman–Crippen LogP) is 4.12. The summed E-state index contributed by atoms with van der Waals surface area (Å²) < 4.78 is 20.1. The highest BCUT2D eigenvalue weighted by molar-refractivity contribution is 5.95. The molecule has 1 aromatic carbocycles. The summed E-state index contributed by atoms with van der Waals surface area (Å²) in [5, 5.41) is 7.32. The van der Waals surface area contributed by atoms with Crippen LogP contribution in [0.5, 0.6) is 5.75 Å². The second kappa shape index (κ2) is 9.82. The summed E-state index contributed by atoms with van der Waals surface area (Å²) in [6.07, 6.45) is 4.85. The number of hydrogen-bond acceptors (Lipinski definition) is 4. The van der Waals surface area contributed by atoms with Crippen molar-refractivity contribution in [3.63, 3.8) is 0 Å². The lowest BCUT2D eigenvalue weighted by atomic mass is 10.1. The number of hydrogen-bond donors (Lipinski definition) is 1. The molecule has 6 nitrogen and oxygen atoms in total. The van der Waals surface area contributed by atoms with Gasteiger partial charge in [0.15, 0.2) is 5.82 Å². The minimum Gasteiger partial charge on any atom is -0.494 e. The lowest BCUT2D eigenvalue weighted by Gasteiger charge is -2.12. The Morgan fingerprint density at radius 3 is 2.66 bits per heavy atom. The molecule has 0 radical (unpaired) electrons. The first kappa shape index (κ1) is 20.5. The molecule has 1 amide bonds. The van der Waals surface area contributed by atoms with Crippen LogP contribution in [0.4, 0.5) is 4.39 Å². The fourth-order valence-electron chi connectivity index (χ4n) is 3.00. The van der Waals surface area contributed by atoms with Crippen molar-refractivity contribution in [1.29, 1.82) is 0 Å². The van der Waals surface area contributed by atoms with Gasteiger partial charge in [-0.15, -0.1) is 0 Å². The number of nitrogens with one attached hydrogen (secondary N) is 1. The van der Waals surface area contributed by atoms with E-state index in [1.807, 2.05) is 32.0 Å². The van der Waals surface area contributed by atoms with Crippen molar-refractivity contribution in [3.05, 3.63) is 71.9 Å². The van der Waals surface area contributed by atoms with Crippen LogP contribution in [0.3, 0.4) is 0 Å². The summed E-state index contributed by atoms with van der Waals surface area (Å²) in [5.74, 6) is 1.01. The molecule has 0 spiro atoms. The first-order valence-electron chi connectivity index (χ1n) is 9.72. The molecule has 0 bridgehead atoms. The van der Waals surface area contributed by atoms with E-state index in [-0.39, 0.29) is 17.6 Å². The first-order chi connectivity index (χ1) is 14.1. The van der Waals surface area contributed by atoms with Crippen LogP contribution in [0, 0.1) is 5.82 Å². The van der Waals surface area contributed by atoms with Crippen LogP contribution in [0.15, 0.2) is 54.9 Å². The van der Waals surface area contributed by atoms with Gasteiger partial charge < -0.3 is 10.1 Å². The quantitative estimate of drug-likeness (QED) is 0.553. The van der Waals surface area contributed by atoms with E-state index >= 15 is 0 Å². The summed E-state index contributed by atoms with van der Waals surface area (Å²) in [7, 11) is 0. The molecule has 0 fully saturated rings. The molecule has 0 aliphatic heterocycles. The van der Waals surface area contributed by atoms with Crippen LogP contribution in [0.25, 0.3) is 5.82 Å². The monoisotopic (exact) mass is 396 g/mol. The Morgan fingerprint density at radius 2 is 1.97 bits per heavy atom. The third-order valence-corrected chi connectivity index (χ3v) is 4.40. The Balaban J connectivity index is 1.50. The molecule has 0 atom stereocenters. The molecule has 1 N–H and O–H groups in total. The zero-order valence-electron chi connectivity index (χ0n) is 16.6. The molecule has 29 heavy (non-hydrogen) atoms. The van der Waals surface area contributed by atoms with Crippen LogP contribution in [0.2, 0.25) is 0 Å². The minimum absolute atomic E-state index is 0.115. The number of carbonyl (C=O) groups is 1. The normalized spacial score (nSPS) is 10.9. The molecule has 0 aliphatic rings. The Kier molecular flexibility index (Phi) is 6.94. The van der Waals surface area contributed by atoms with Gasteiger partial charge in [-0.25, -0.2) is 14.1 Å². The standard InChI is InChI=1S/C22H25FN4O2/c1-16(2)21-19(15-26-27(21)20-7-3-4-12-24-20)22(28)25-13-5-6-14-29-18-10-8-17(23)9-11-18/h3-4,7-12,15-16H,5-6,13-14H2,1-2H3,(H,25,28). The van der Waals surface area contributed by atoms with Gasteiger partial charge in [0.05, 0.1) is 24.1 Å². The largest absolute Gasteiger partial charge is 0.494 e. The van der Waals surface area contributed by atoms with E-state index in [2.05, 4.69) is 15.4 Å². The summed E-state index contributed by atoms with van der Waals surface area (Å²) in [6, 6.07) is 11.5. The fraction of sp³-hybridized carbons (Fsp3) is 0.318. The number of pyridine rings is 1. The van der Waals surface area contributed by atoms with E-state index < -0.39 is 0 Å². The molecule has 3 aromatic rings. The molecule has 3 rings (SSSR count). The Labute approximate surface area is 169 Å². The van der Waals surface area contributed by atoms with Gasteiger partial charge in [0.25, 0.3) is 5.91 Å². The second-order valence-corrected chi connectivity index (χ2v) is 6.96. The van der Waals surface area contributed by atoms with Gasteiger partial charge in [-0.1, -0.05) is 19.9 Å². The third-order valence-electron chi connectivity index (χ3n) is 4.40. The molecule has 0 saturated carbocycles. The molecule has 0 aliphatic carbocycles. The average Bonchev–Trinajstić information content (AvgIpc) is 3.18. The zero-order valence-corrected chi connectivity index (χ0v) is 16.6. The summed E-state index contributed by atoms with van der Waals surface area (Å²) >= 11 is 0. The number of carbonyl (C=O) groups excluding carboxylic acids is 1. The molecule has 2 aromatic heterocycles. The van der Waals surface area contributed by atoms with Gasteiger partial charge in [-0.2, -0.15) is 5.10 Å². The van der Waals surface area contributed by atoms with Gasteiger partial charge in [-0.3, -0.25) is 4.79 Å². The first-order valence-corrected chi connectivity index (χ1v) is 9.72. The Bertz CT molecular complexity index is 924. The highest BCUT2D eigenvalue weighted by Gasteiger charge is 2.21. The van der Waals surface area contributed by atoms with Crippen LogP contribution in [0.1, 0.15) is 48.7 Å². The maximum Gasteiger partial charge on any atom is 0.254 e. The molecule has 7 heteroatoms. The molecule has 0 unspecified atom stereocenters. The summed E-state index contributed by atoms with van der Waals surface area (Å²) in [6.45, 7) is 5.11. The Morgan fingerprint density at radius 1 is 1.17 bits per heavy atom. The lowest BCUT2D eigenvalue weighted by Crippen LogP contribution is -2.26. The van der Waals surface area contributed by atoms with Crippen molar-refractivity contribution in [1.82, 2.24) is 20.1 Å². The number of nitrogens with zero attached hydrogens (tertiary/aromatic N) is 3. The summed E-state index contributed by atoms with van der Waals surface area (Å²) in [4.78, 5) is 17.0. The number of amides is 1. The highest BCUT2D eigenvalue weighted by atomic mass is 19.1. The van der Waals surface area contributed by atoms with Crippen molar-refractivity contribution >= 4 is 5.91 Å². The van der Waals surface area contributed by atoms with Crippen molar-refractivity contribution in [3.8, 4) is 11.6 Å². The SMILES string of the molecule is CC(C)c1c(C(=O)NCCCCOc2ccc(F)cc2)cnn1-c1ccccn1. The van der Waals surface area contributed by atoms with Gasteiger partial charge in [-0.05, 0) is 55.2 Å².